The van der Waals surface area contributed by atoms with E-state index >= 15 is 0 Å². The van der Waals surface area contributed by atoms with Crippen LogP contribution in [0.4, 0.5) is 0 Å². The fraction of sp³-hybridized carbons (Fsp3) is 0.143. The van der Waals surface area contributed by atoms with Gasteiger partial charge in [-0.1, -0.05) is 0 Å². The SMILES string of the molecule is c1ccc([CH2][Sn]([CH2]c2ccccc2)([CH2]c2ccccc2)[S][Sn]([CH2]c2ccccc2)([CH2]c2ccccc2)[CH2]c2ccccc2)cc1. The zero-order chi connectivity index (χ0) is 30.6. The van der Waals surface area contributed by atoms with E-state index in [-0.39, 0.29) is 0 Å². The van der Waals surface area contributed by atoms with E-state index in [0.717, 1.165) is 0 Å². The summed E-state index contributed by atoms with van der Waals surface area (Å²) in [5.41, 5.74) is 9.12. The Labute approximate surface area is 279 Å². The molecule has 0 bridgehead atoms. The Hall–Kier alpha value is -2.73. The second-order valence-electron chi connectivity index (χ2n) is 12.4. The molecule has 0 spiro atoms. The van der Waals surface area contributed by atoms with Crippen molar-refractivity contribution >= 4 is 40.1 Å². The Bertz CT molecular complexity index is 1360. The summed E-state index contributed by atoms with van der Waals surface area (Å²) in [6.07, 6.45) is 2.67. The van der Waals surface area contributed by atoms with Crippen LogP contribution < -0.4 is 0 Å². The third-order valence-electron chi connectivity index (χ3n) is 8.65. The Kier molecular flexibility index (Phi) is 11.6. The first-order valence-electron chi connectivity index (χ1n) is 16.1. The molecule has 0 N–H and O–H groups in total. The van der Waals surface area contributed by atoms with Gasteiger partial charge in [0.2, 0.25) is 0 Å². The molecule has 0 atom stereocenters. The third-order valence-corrected chi connectivity index (χ3v) is 90.5. The molecule has 6 aromatic rings. The molecule has 0 aliphatic heterocycles. The molecular formula is C42H42SSn2. The molecule has 0 heterocycles. The zero-order valence-electron chi connectivity index (χ0n) is 26.0. The van der Waals surface area contributed by atoms with Crippen LogP contribution in [0.1, 0.15) is 33.4 Å². The Morgan fingerprint density at radius 1 is 0.244 bits per heavy atom. The average Bonchev–Trinajstić information content (AvgIpc) is 3.07. The third kappa shape index (κ3) is 9.63. The molecular weight excluding hydrogens is 774 g/mol. The van der Waals surface area contributed by atoms with Gasteiger partial charge in [0.15, 0.2) is 0 Å². The van der Waals surface area contributed by atoms with Gasteiger partial charge in [0.1, 0.15) is 0 Å². The summed E-state index contributed by atoms with van der Waals surface area (Å²) in [5, 5.41) is 0. The summed E-state index contributed by atoms with van der Waals surface area (Å²) >= 11 is -6.36. The van der Waals surface area contributed by atoms with Crippen molar-refractivity contribution in [2.75, 3.05) is 0 Å². The first-order chi connectivity index (χ1) is 22.2. The van der Waals surface area contributed by atoms with Crippen molar-refractivity contribution in [1.82, 2.24) is 0 Å². The molecule has 0 aromatic heterocycles. The van der Waals surface area contributed by atoms with Gasteiger partial charge in [0.25, 0.3) is 0 Å². The van der Waals surface area contributed by atoms with Crippen molar-refractivity contribution < 1.29 is 0 Å². The molecule has 0 fully saturated rings. The van der Waals surface area contributed by atoms with Crippen LogP contribution in [-0.2, 0) is 26.6 Å². The van der Waals surface area contributed by atoms with Crippen LogP contribution in [0.3, 0.4) is 0 Å². The first kappa shape index (κ1) is 32.2. The van der Waals surface area contributed by atoms with Gasteiger partial charge in [-0.25, -0.2) is 0 Å². The van der Waals surface area contributed by atoms with Crippen LogP contribution in [0.5, 0.6) is 0 Å². The summed E-state index contributed by atoms with van der Waals surface area (Å²) in [6.45, 7) is 0. The van der Waals surface area contributed by atoms with E-state index in [1.165, 1.54) is 60.0 Å². The van der Waals surface area contributed by atoms with Gasteiger partial charge in [-0.15, -0.1) is 0 Å². The van der Waals surface area contributed by atoms with Crippen LogP contribution in [0.15, 0.2) is 182 Å². The van der Waals surface area contributed by atoms with Crippen molar-refractivity contribution in [1.29, 1.82) is 0 Å². The van der Waals surface area contributed by atoms with E-state index in [1.54, 1.807) is 0 Å². The number of hydrogen-bond acceptors (Lipinski definition) is 1. The summed E-state index contributed by atoms with van der Waals surface area (Å²) in [4.78, 5) is 0. The molecule has 0 unspecified atom stereocenters. The van der Waals surface area contributed by atoms with Crippen molar-refractivity contribution in [3.05, 3.63) is 215 Å². The molecule has 3 heteroatoms. The average molecular weight is 816 g/mol. The first-order valence-corrected chi connectivity index (χ1v) is 36.0. The fourth-order valence-electron chi connectivity index (χ4n) is 6.86. The molecule has 0 aliphatic rings. The maximum atomic E-state index is 2.67. The Balaban J connectivity index is 1.53. The van der Waals surface area contributed by atoms with Crippen LogP contribution in [0, 0.1) is 0 Å². The molecule has 0 aliphatic carbocycles. The van der Waals surface area contributed by atoms with Crippen molar-refractivity contribution in [3.8, 4) is 0 Å². The van der Waals surface area contributed by atoms with Crippen molar-refractivity contribution in [3.63, 3.8) is 0 Å². The number of hydrogen-bond donors (Lipinski definition) is 0. The minimum absolute atomic E-state index is 1.25. The molecule has 0 saturated carbocycles. The number of rotatable bonds is 14. The van der Waals surface area contributed by atoms with Crippen molar-refractivity contribution in [2.45, 2.75) is 26.6 Å². The van der Waals surface area contributed by atoms with Crippen LogP contribution in [0.25, 0.3) is 0 Å². The topological polar surface area (TPSA) is 0 Å². The standard InChI is InChI=1S/6C7H7.S.2Sn/c6*1-7-5-3-2-4-6-7;;;/h6*2-6H,1H2;;;. The van der Waals surface area contributed by atoms with Gasteiger partial charge in [0.05, 0.1) is 0 Å². The fourth-order valence-corrected chi connectivity index (χ4v) is 123. The summed E-state index contributed by atoms with van der Waals surface area (Å²) < 4.78 is 7.51. The summed E-state index contributed by atoms with van der Waals surface area (Å²) in [5.74, 6) is 0. The monoisotopic (exact) mass is 818 g/mol. The van der Waals surface area contributed by atoms with Gasteiger partial charge in [-0.05, 0) is 0 Å². The van der Waals surface area contributed by atoms with Crippen molar-refractivity contribution in [2.24, 2.45) is 0 Å². The quantitative estimate of drug-likeness (QED) is 0.0988. The zero-order valence-corrected chi connectivity index (χ0v) is 32.5. The predicted molar refractivity (Wildman–Crippen MR) is 200 cm³/mol. The normalized spacial score (nSPS) is 11.7. The molecule has 45 heavy (non-hydrogen) atoms. The van der Waals surface area contributed by atoms with Gasteiger partial charge >= 0.3 is 282 Å². The Morgan fingerprint density at radius 3 is 0.556 bits per heavy atom. The summed E-state index contributed by atoms with van der Waals surface area (Å²) in [6, 6.07) is 68.7. The maximum absolute atomic E-state index is 3.18. The Morgan fingerprint density at radius 2 is 0.400 bits per heavy atom. The van der Waals surface area contributed by atoms with E-state index < -0.39 is 34.0 Å². The second kappa shape index (κ2) is 16.2. The molecule has 0 amide bonds. The van der Waals surface area contributed by atoms with Gasteiger partial charge in [0, 0.05) is 0 Å². The molecule has 0 radical (unpaired) electrons. The van der Waals surface area contributed by atoms with Crippen LogP contribution in [0.2, 0.25) is 0 Å². The van der Waals surface area contributed by atoms with E-state index in [4.69, 9.17) is 0 Å². The number of benzene rings is 6. The van der Waals surface area contributed by atoms with E-state index in [9.17, 15) is 0 Å². The molecule has 224 valence electrons. The van der Waals surface area contributed by atoms with Gasteiger partial charge < -0.3 is 0 Å². The predicted octanol–water partition coefficient (Wildman–Crippen LogP) is 10.3. The van der Waals surface area contributed by atoms with E-state index in [0.29, 0.717) is 0 Å². The van der Waals surface area contributed by atoms with Gasteiger partial charge in [-0.2, -0.15) is 0 Å². The van der Waals surface area contributed by atoms with Crippen LogP contribution in [-0.4, -0.2) is 34.0 Å². The minimum atomic E-state index is -3.18. The molecule has 6 rings (SSSR count). The second-order valence-corrected chi connectivity index (χ2v) is 57.3. The molecule has 0 nitrogen and oxygen atoms in total. The van der Waals surface area contributed by atoms with Gasteiger partial charge in [-0.3, -0.25) is 0 Å². The van der Waals surface area contributed by atoms with E-state index in [2.05, 4.69) is 188 Å². The van der Waals surface area contributed by atoms with Crippen LogP contribution >= 0.6 is 6.13 Å². The van der Waals surface area contributed by atoms with E-state index in [1.807, 2.05) is 0 Å². The summed E-state index contributed by atoms with van der Waals surface area (Å²) in [7, 11) is 0. The molecule has 0 saturated heterocycles. The molecule has 6 aromatic carbocycles.